The van der Waals surface area contributed by atoms with E-state index in [1.54, 1.807) is 0 Å². The van der Waals surface area contributed by atoms with E-state index in [4.69, 9.17) is 5.73 Å². The van der Waals surface area contributed by atoms with Gasteiger partial charge in [-0.25, -0.2) is 4.98 Å². The van der Waals surface area contributed by atoms with E-state index < -0.39 is 0 Å². The van der Waals surface area contributed by atoms with Crippen LogP contribution < -0.4 is 5.73 Å². The van der Waals surface area contributed by atoms with Gasteiger partial charge in [-0.2, -0.15) is 0 Å². The van der Waals surface area contributed by atoms with Gasteiger partial charge in [-0.05, 0) is 12.0 Å². The normalized spacial score (nSPS) is 12.6. The Morgan fingerprint density at radius 2 is 2.06 bits per heavy atom. The Kier molecular flexibility index (Phi) is 3.37. The first-order valence-corrected chi connectivity index (χ1v) is 5.64. The lowest BCUT2D eigenvalue weighted by atomic mass is 9.99. The summed E-state index contributed by atoms with van der Waals surface area (Å²) in [4.78, 5) is 7.72. The summed E-state index contributed by atoms with van der Waals surface area (Å²) in [5.74, 6) is 1.13. The van der Waals surface area contributed by atoms with Crippen molar-refractivity contribution in [1.29, 1.82) is 0 Å². The monoisotopic (exact) mass is 215 g/mol. The van der Waals surface area contributed by atoms with Gasteiger partial charge in [0.1, 0.15) is 5.82 Å². The highest BCUT2D eigenvalue weighted by atomic mass is 14.9. The summed E-state index contributed by atoms with van der Waals surface area (Å²) in [6.45, 7) is 2.68. The molecule has 0 saturated heterocycles. The minimum absolute atomic E-state index is 0.168. The van der Waals surface area contributed by atoms with Gasteiger partial charge in [0, 0.05) is 18.4 Å². The molecule has 3 heteroatoms. The van der Waals surface area contributed by atoms with Crippen molar-refractivity contribution in [2.45, 2.75) is 19.3 Å². The number of rotatable bonds is 4. The fourth-order valence-corrected chi connectivity index (χ4v) is 1.82. The van der Waals surface area contributed by atoms with Crippen LogP contribution in [0, 0.1) is 0 Å². The maximum absolute atomic E-state index is 5.83. The van der Waals surface area contributed by atoms with Crippen LogP contribution in [0.5, 0.6) is 0 Å². The SMILES string of the molecule is CCc1cnc(C(CN)c2ccccc2)[nH]1. The Hall–Kier alpha value is -1.61. The number of aromatic nitrogens is 2. The molecule has 2 rings (SSSR count). The highest BCUT2D eigenvalue weighted by Gasteiger charge is 2.14. The minimum atomic E-state index is 0.168. The van der Waals surface area contributed by atoms with E-state index in [1.807, 2.05) is 24.4 Å². The molecule has 3 N–H and O–H groups in total. The Bertz CT molecular complexity index is 433. The largest absolute Gasteiger partial charge is 0.345 e. The van der Waals surface area contributed by atoms with Gasteiger partial charge in [-0.1, -0.05) is 37.3 Å². The number of H-pyrrole nitrogens is 1. The lowest BCUT2D eigenvalue weighted by Gasteiger charge is -2.12. The molecule has 3 nitrogen and oxygen atoms in total. The van der Waals surface area contributed by atoms with Crippen LogP contribution in [0.1, 0.15) is 29.9 Å². The summed E-state index contributed by atoms with van der Waals surface area (Å²) in [5, 5.41) is 0. The fourth-order valence-electron chi connectivity index (χ4n) is 1.82. The van der Waals surface area contributed by atoms with Gasteiger partial charge in [0.15, 0.2) is 0 Å². The smallest absolute Gasteiger partial charge is 0.115 e. The molecular formula is C13H17N3. The molecule has 0 aliphatic rings. The quantitative estimate of drug-likeness (QED) is 0.820. The van der Waals surface area contributed by atoms with Crippen LogP contribution in [0.25, 0.3) is 0 Å². The first-order valence-electron chi connectivity index (χ1n) is 5.64. The lowest BCUT2D eigenvalue weighted by molar-refractivity contribution is 0.761. The van der Waals surface area contributed by atoms with Gasteiger partial charge >= 0.3 is 0 Å². The van der Waals surface area contributed by atoms with Gasteiger partial charge in [-0.3, -0.25) is 0 Å². The number of nitrogens with zero attached hydrogens (tertiary/aromatic N) is 1. The number of nitrogens with two attached hydrogens (primary N) is 1. The molecule has 0 aliphatic carbocycles. The number of aryl methyl sites for hydroxylation is 1. The van der Waals surface area contributed by atoms with Crippen molar-refractivity contribution in [3.63, 3.8) is 0 Å². The topological polar surface area (TPSA) is 54.7 Å². The first-order chi connectivity index (χ1) is 7.85. The second-order valence-corrected chi connectivity index (χ2v) is 3.85. The number of benzene rings is 1. The molecule has 0 radical (unpaired) electrons. The van der Waals surface area contributed by atoms with Gasteiger partial charge in [0.05, 0.1) is 5.92 Å². The minimum Gasteiger partial charge on any atom is -0.345 e. The molecule has 0 amide bonds. The van der Waals surface area contributed by atoms with Gasteiger partial charge in [0.25, 0.3) is 0 Å². The summed E-state index contributed by atoms with van der Waals surface area (Å²) in [7, 11) is 0. The zero-order valence-corrected chi connectivity index (χ0v) is 9.48. The van der Waals surface area contributed by atoms with Gasteiger partial charge in [0.2, 0.25) is 0 Å². The molecule has 0 aliphatic heterocycles. The van der Waals surface area contributed by atoms with Crippen molar-refractivity contribution < 1.29 is 0 Å². The second kappa shape index (κ2) is 4.94. The average molecular weight is 215 g/mol. The molecule has 16 heavy (non-hydrogen) atoms. The number of hydrogen-bond donors (Lipinski definition) is 2. The van der Waals surface area contributed by atoms with E-state index in [-0.39, 0.29) is 5.92 Å². The fraction of sp³-hybridized carbons (Fsp3) is 0.308. The highest BCUT2D eigenvalue weighted by molar-refractivity contribution is 5.26. The van der Waals surface area contributed by atoms with Crippen molar-refractivity contribution in [1.82, 2.24) is 9.97 Å². The van der Waals surface area contributed by atoms with Crippen molar-refractivity contribution in [3.8, 4) is 0 Å². The molecule has 1 heterocycles. The number of imidazole rings is 1. The molecule has 1 aromatic carbocycles. The summed E-state index contributed by atoms with van der Waals surface area (Å²) in [6.07, 6.45) is 2.86. The van der Waals surface area contributed by atoms with Crippen molar-refractivity contribution in [2.24, 2.45) is 5.73 Å². The average Bonchev–Trinajstić information content (AvgIpc) is 2.80. The summed E-state index contributed by atoms with van der Waals surface area (Å²) < 4.78 is 0. The molecule has 1 unspecified atom stereocenters. The van der Waals surface area contributed by atoms with E-state index >= 15 is 0 Å². The molecule has 2 aromatic rings. The van der Waals surface area contributed by atoms with Crippen LogP contribution in [0.3, 0.4) is 0 Å². The van der Waals surface area contributed by atoms with Crippen LogP contribution in [0.4, 0.5) is 0 Å². The van der Waals surface area contributed by atoms with Crippen molar-refractivity contribution in [2.75, 3.05) is 6.54 Å². The van der Waals surface area contributed by atoms with Gasteiger partial charge < -0.3 is 10.7 Å². The van der Waals surface area contributed by atoms with E-state index in [0.29, 0.717) is 6.54 Å². The van der Waals surface area contributed by atoms with Crippen LogP contribution in [-0.4, -0.2) is 16.5 Å². The van der Waals surface area contributed by atoms with Crippen LogP contribution in [0.2, 0.25) is 0 Å². The molecule has 84 valence electrons. The number of hydrogen-bond acceptors (Lipinski definition) is 2. The predicted molar refractivity (Wildman–Crippen MR) is 65.3 cm³/mol. The van der Waals surface area contributed by atoms with Crippen LogP contribution >= 0.6 is 0 Å². The predicted octanol–water partition coefficient (Wildman–Crippen LogP) is 2.06. The van der Waals surface area contributed by atoms with Crippen molar-refractivity contribution >= 4 is 0 Å². The molecule has 0 saturated carbocycles. The number of aromatic amines is 1. The molecule has 0 fully saturated rings. The van der Waals surface area contributed by atoms with Crippen molar-refractivity contribution in [3.05, 3.63) is 53.6 Å². The standard InChI is InChI=1S/C13H17N3/c1-2-11-9-15-13(16-11)12(8-14)10-6-4-3-5-7-10/h3-7,9,12H,2,8,14H2,1H3,(H,15,16). The Morgan fingerprint density at radius 1 is 1.31 bits per heavy atom. The Labute approximate surface area is 95.7 Å². The van der Waals surface area contributed by atoms with Gasteiger partial charge in [-0.15, -0.1) is 0 Å². The van der Waals surface area contributed by atoms with E-state index in [9.17, 15) is 0 Å². The molecule has 1 aromatic heterocycles. The van der Waals surface area contributed by atoms with E-state index in [0.717, 1.165) is 17.9 Å². The first kappa shape index (κ1) is 10.9. The third-order valence-corrected chi connectivity index (χ3v) is 2.80. The molecule has 0 spiro atoms. The maximum Gasteiger partial charge on any atom is 0.115 e. The zero-order valence-electron chi connectivity index (χ0n) is 9.48. The summed E-state index contributed by atoms with van der Waals surface area (Å²) in [5.41, 5.74) is 8.19. The zero-order chi connectivity index (χ0) is 11.4. The molecule has 1 atom stereocenters. The van der Waals surface area contributed by atoms with Crippen LogP contribution in [-0.2, 0) is 6.42 Å². The summed E-state index contributed by atoms with van der Waals surface area (Å²) in [6, 6.07) is 10.2. The number of nitrogens with one attached hydrogen (secondary N) is 1. The van der Waals surface area contributed by atoms with E-state index in [1.165, 1.54) is 5.56 Å². The second-order valence-electron chi connectivity index (χ2n) is 3.85. The summed E-state index contributed by atoms with van der Waals surface area (Å²) >= 11 is 0. The maximum atomic E-state index is 5.83. The Balaban J connectivity index is 2.29. The van der Waals surface area contributed by atoms with Crippen LogP contribution in [0.15, 0.2) is 36.5 Å². The molecular weight excluding hydrogens is 198 g/mol. The lowest BCUT2D eigenvalue weighted by Crippen LogP contribution is -2.15. The highest BCUT2D eigenvalue weighted by Crippen LogP contribution is 2.20. The third kappa shape index (κ3) is 2.14. The Morgan fingerprint density at radius 3 is 2.62 bits per heavy atom. The third-order valence-electron chi connectivity index (χ3n) is 2.80. The molecule has 0 bridgehead atoms. The van der Waals surface area contributed by atoms with E-state index in [2.05, 4.69) is 29.0 Å².